The molecule has 0 aliphatic heterocycles. The molecule has 0 aromatic rings. The fourth-order valence-electron chi connectivity index (χ4n) is 14.5. The summed E-state index contributed by atoms with van der Waals surface area (Å²) < 4.78 is 0. The van der Waals surface area contributed by atoms with Gasteiger partial charge in [0.1, 0.15) is 0 Å². The van der Waals surface area contributed by atoms with Gasteiger partial charge in [0, 0.05) is 0 Å². The molecule has 0 nitrogen and oxygen atoms in total. The topological polar surface area (TPSA) is 0 Å². The van der Waals surface area contributed by atoms with Crippen LogP contribution in [-0.4, -0.2) is 0 Å². The Labute approximate surface area is 452 Å². The summed E-state index contributed by atoms with van der Waals surface area (Å²) in [6, 6.07) is 0. The molecule has 0 N–H and O–H groups in total. The normalized spacial score (nSPS) is 35.1. The third-order valence-electron chi connectivity index (χ3n) is 23.8. The molecule has 0 aromatic heterocycles. The summed E-state index contributed by atoms with van der Waals surface area (Å²) >= 11 is 0. The standard InChI is InChI=1S/C11H22.C9H16.3C9H18.3C8H16/c1-9-10(2,3)7-6-8-11(9,4)5;1-7-5-8-3-4-9(7,2)6-8;1-8-4-6-9(2,3)7-5-8;1-8-6-4-5-7-9(8,2)3;1-7-5-4-6-8(2)9(7)3;1-6(2)8-4-7(3)5-8;1-8(2,3)7-5-4-6-7;1-3-7(2)8-5-4-6-8/h9H,6-8H2,1-5H3;7-8H,3-6H2,1-2H3;2*8H,4-7H2,1-3H3;7-9H,4-6H2,1-3H3;6-8H,4-5H2,1-3H3;7H,4-6H2,1-3H3;7-8H,3-6H2,1-2H3/t;7-,8?,9?;;8-;;;;/m.0.1..../s1. The van der Waals surface area contributed by atoms with Crippen LogP contribution in [0.5, 0.6) is 0 Å². The lowest BCUT2D eigenvalue weighted by Crippen LogP contribution is -2.38. The van der Waals surface area contributed by atoms with Crippen molar-refractivity contribution < 1.29 is 0 Å². The molecule has 9 saturated carbocycles. The molecule has 5 unspecified atom stereocenters. The predicted molar refractivity (Wildman–Crippen MR) is 324 cm³/mol. The van der Waals surface area contributed by atoms with Gasteiger partial charge in [-0.15, -0.1) is 0 Å². The Kier molecular flexibility index (Phi) is 28.6. The first kappa shape index (κ1) is 67.1. The second kappa shape index (κ2) is 30.2. The van der Waals surface area contributed by atoms with Gasteiger partial charge in [-0.25, -0.2) is 0 Å². The van der Waals surface area contributed by atoms with E-state index in [0.717, 1.165) is 88.3 Å². The summed E-state index contributed by atoms with van der Waals surface area (Å²) in [6.07, 6.45) is 39.6. The first-order valence-corrected chi connectivity index (χ1v) is 32.7. The molecule has 0 heteroatoms. The van der Waals surface area contributed by atoms with E-state index in [-0.39, 0.29) is 0 Å². The Morgan fingerprint density at radius 1 is 0.451 bits per heavy atom. The summed E-state index contributed by atoms with van der Waals surface area (Å²) in [7, 11) is 0. The Bertz CT molecular complexity index is 1330. The highest BCUT2D eigenvalue weighted by Crippen LogP contribution is 2.57. The van der Waals surface area contributed by atoms with Gasteiger partial charge in [0.05, 0.1) is 0 Å². The van der Waals surface area contributed by atoms with Crippen molar-refractivity contribution in [3.63, 3.8) is 0 Å². The first-order valence-electron chi connectivity index (χ1n) is 32.7. The SMILES string of the molecule is CC(C)(C)C1CCC1.CC1C(C)(C)CCCC1(C)C.CC1CC(C(C)C)C1.CC1CCC(C)(C)CC1.CC1CCCC(C)C1C.CCC(C)C1CCC1.C[C@@H]1CCCCC1(C)C.C[C@H]1CC2CCC1(C)C2. The molecule has 7 atom stereocenters. The van der Waals surface area contributed by atoms with Crippen LogP contribution >= 0.6 is 0 Å². The average Bonchev–Trinajstić information content (AvgIpc) is 3.74. The van der Waals surface area contributed by atoms with Gasteiger partial charge in [-0.1, -0.05) is 256 Å². The number of fused-ring (bicyclic) bond motifs is 2. The first-order chi connectivity index (χ1) is 32.7. The van der Waals surface area contributed by atoms with E-state index in [1.807, 2.05) is 0 Å². The van der Waals surface area contributed by atoms with Crippen LogP contribution in [0.3, 0.4) is 0 Å². The monoisotopic (exact) mass is 993 g/mol. The molecule has 71 heavy (non-hydrogen) atoms. The minimum atomic E-state index is 0.571. The molecule has 424 valence electrons. The molecule has 0 amide bonds. The quantitative estimate of drug-likeness (QED) is 0.264. The minimum Gasteiger partial charge on any atom is -0.0651 e. The lowest BCUT2D eigenvalue weighted by molar-refractivity contribution is 0.0286. The maximum atomic E-state index is 2.48. The molecule has 9 rings (SSSR count). The van der Waals surface area contributed by atoms with E-state index >= 15 is 0 Å². The van der Waals surface area contributed by atoms with Gasteiger partial charge in [-0.05, 0) is 199 Å². The Morgan fingerprint density at radius 2 is 0.944 bits per heavy atom. The van der Waals surface area contributed by atoms with Gasteiger partial charge in [0.2, 0.25) is 0 Å². The number of hydrogen-bond acceptors (Lipinski definition) is 0. The maximum absolute atomic E-state index is 2.48. The molecule has 0 saturated heterocycles. The summed E-state index contributed by atoms with van der Waals surface area (Å²) in [5.74, 6) is 14.0. The number of hydrogen-bond donors (Lipinski definition) is 0. The highest BCUT2D eigenvalue weighted by molar-refractivity contribution is 4.97. The summed E-state index contributed by atoms with van der Waals surface area (Å²) in [4.78, 5) is 0. The minimum absolute atomic E-state index is 0.571. The molecule has 2 bridgehead atoms. The largest absolute Gasteiger partial charge is 0.0651 e. The van der Waals surface area contributed by atoms with Gasteiger partial charge in [0.25, 0.3) is 0 Å². The second-order valence-corrected chi connectivity index (χ2v) is 32.8. The molecule has 0 spiro atoms. The van der Waals surface area contributed by atoms with Gasteiger partial charge in [0.15, 0.2) is 0 Å². The van der Waals surface area contributed by atoms with E-state index in [1.165, 1.54) is 173 Å². The van der Waals surface area contributed by atoms with Crippen molar-refractivity contribution in [2.45, 2.75) is 340 Å². The zero-order valence-electron chi connectivity index (χ0n) is 54.2. The third-order valence-corrected chi connectivity index (χ3v) is 23.8. The van der Waals surface area contributed by atoms with Crippen LogP contribution in [0.2, 0.25) is 0 Å². The lowest BCUT2D eigenvalue weighted by atomic mass is 9.58. The molecule has 0 radical (unpaired) electrons. The second-order valence-electron chi connectivity index (χ2n) is 32.8. The Hall–Kier alpha value is 0. The molecule has 9 fully saturated rings. The van der Waals surface area contributed by atoms with Crippen LogP contribution in [-0.2, 0) is 0 Å². The smallest absolute Gasteiger partial charge is 0.0297 e. The average molecular weight is 994 g/mol. The van der Waals surface area contributed by atoms with E-state index in [9.17, 15) is 0 Å². The Balaban J connectivity index is 0.000000279. The van der Waals surface area contributed by atoms with Crippen molar-refractivity contribution in [2.24, 2.45) is 115 Å². The van der Waals surface area contributed by atoms with Crippen LogP contribution in [0.15, 0.2) is 0 Å². The molecule has 0 aromatic carbocycles. The fraction of sp³-hybridized carbons (Fsp3) is 1.00. The van der Waals surface area contributed by atoms with Crippen molar-refractivity contribution in [2.75, 3.05) is 0 Å². The van der Waals surface area contributed by atoms with Crippen molar-refractivity contribution in [3.05, 3.63) is 0 Å². The molecule has 0 heterocycles. The molecular weight excluding hydrogens is 853 g/mol. The number of rotatable bonds is 3. The summed E-state index contributed by atoms with van der Waals surface area (Å²) in [6.45, 7) is 57.2. The Morgan fingerprint density at radius 3 is 1.17 bits per heavy atom. The van der Waals surface area contributed by atoms with Crippen LogP contribution in [0.4, 0.5) is 0 Å². The van der Waals surface area contributed by atoms with E-state index in [2.05, 4.69) is 166 Å². The summed E-state index contributed by atoms with van der Waals surface area (Å²) in [5, 5.41) is 0. The zero-order chi connectivity index (χ0) is 54.2. The van der Waals surface area contributed by atoms with E-state index in [1.54, 1.807) is 0 Å². The van der Waals surface area contributed by atoms with Crippen LogP contribution in [0, 0.1) is 115 Å². The van der Waals surface area contributed by atoms with E-state index in [0.29, 0.717) is 27.1 Å². The summed E-state index contributed by atoms with van der Waals surface area (Å²) in [5.41, 5.74) is 3.80. The highest BCUT2D eigenvalue weighted by Gasteiger charge is 2.46. The predicted octanol–water partition coefficient (Wildman–Crippen LogP) is 24.6. The van der Waals surface area contributed by atoms with Gasteiger partial charge in [-0.2, -0.15) is 0 Å². The molecule has 9 aliphatic carbocycles. The van der Waals surface area contributed by atoms with E-state index < -0.39 is 0 Å². The van der Waals surface area contributed by atoms with Crippen LogP contribution < -0.4 is 0 Å². The van der Waals surface area contributed by atoms with Crippen LogP contribution in [0.1, 0.15) is 340 Å². The molecular formula is C71H140. The lowest BCUT2D eigenvalue weighted by Gasteiger charge is -2.47. The maximum Gasteiger partial charge on any atom is -0.0297 e. The van der Waals surface area contributed by atoms with E-state index in [4.69, 9.17) is 0 Å². The van der Waals surface area contributed by atoms with Gasteiger partial charge < -0.3 is 0 Å². The molecule has 9 aliphatic rings. The van der Waals surface area contributed by atoms with Gasteiger partial charge >= 0.3 is 0 Å². The van der Waals surface area contributed by atoms with Crippen molar-refractivity contribution in [1.82, 2.24) is 0 Å². The fourth-order valence-corrected chi connectivity index (χ4v) is 14.5. The zero-order valence-corrected chi connectivity index (χ0v) is 54.2. The van der Waals surface area contributed by atoms with Crippen molar-refractivity contribution in [3.8, 4) is 0 Å². The third kappa shape index (κ3) is 23.6. The van der Waals surface area contributed by atoms with Crippen molar-refractivity contribution >= 4 is 0 Å². The van der Waals surface area contributed by atoms with Crippen LogP contribution in [0.25, 0.3) is 0 Å². The van der Waals surface area contributed by atoms with Crippen molar-refractivity contribution in [1.29, 1.82) is 0 Å². The highest BCUT2D eigenvalue weighted by atomic mass is 14.5. The van der Waals surface area contributed by atoms with Gasteiger partial charge in [-0.3, -0.25) is 0 Å².